The quantitative estimate of drug-likeness (QED) is 0.0266. The fourth-order valence-corrected chi connectivity index (χ4v) is 5.68. The highest BCUT2D eigenvalue weighted by Crippen LogP contribution is 2.34. The number of ether oxygens (including phenoxy) is 9. The summed E-state index contributed by atoms with van der Waals surface area (Å²) in [5, 5.41) is 20.4. The fraction of sp³-hybridized carbons (Fsp3) is 0.409. The van der Waals surface area contributed by atoms with Crippen LogP contribution in [0.15, 0.2) is 94.7 Å². The van der Waals surface area contributed by atoms with E-state index in [4.69, 9.17) is 42.6 Å². The number of carbonyl (C=O) groups excluding carboxylic acids is 6. The number of allylic oxidation sites excluding steroid dienone is 7. The molecule has 0 radical (unpaired) electrons. The van der Waals surface area contributed by atoms with Gasteiger partial charge in [-0.25, -0.2) is 14.4 Å². The van der Waals surface area contributed by atoms with Crippen LogP contribution in [-0.2, 0) is 71.4 Å². The van der Waals surface area contributed by atoms with E-state index in [2.05, 4.69) is 0 Å². The Balaban J connectivity index is 0.000000512. The molecule has 3 rings (SSSR count). The number of cyclic esters (lactones) is 2. The summed E-state index contributed by atoms with van der Waals surface area (Å²) in [5.41, 5.74) is 2.45. The lowest BCUT2D eigenvalue weighted by molar-refractivity contribution is -0.225. The molecule has 17 nitrogen and oxygen atoms in total. The number of hydrogen-bond donors (Lipinski definition) is 2. The fourth-order valence-electron chi connectivity index (χ4n) is 5.68. The third-order valence-electron chi connectivity index (χ3n) is 8.73. The number of rotatable bonds is 21. The van der Waals surface area contributed by atoms with Crippen molar-refractivity contribution in [3.05, 3.63) is 117 Å². The molecule has 2 aliphatic heterocycles. The second-order valence-electron chi connectivity index (χ2n) is 14.1. The number of aryl methyl sites for hydroxylation is 2. The molecule has 2 heterocycles. The molecule has 17 heteroatoms. The molecule has 0 saturated carbocycles. The van der Waals surface area contributed by atoms with Gasteiger partial charge < -0.3 is 52.8 Å². The predicted octanol–water partition coefficient (Wildman–Crippen LogP) is 6.23. The van der Waals surface area contributed by atoms with E-state index in [1.807, 2.05) is 0 Å². The van der Waals surface area contributed by atoms with Gasteiger partial charge >= 0.3 is 17.9 Å². The van der Waals surface area contributed by atoms with Crippen molar-refractivity contribution in [2.75, 3.05) is 34.5 Å². The van der Waals surface area contributed by atoms with Crippen molar-refractivity contribution in [2.24, 2.45) is 0 Å². The third-order valence-corrected chi connectivity index (χ3v) is 8.73. The summed E-state index contributed by atoms with van der Waals surface area (Å²) in [7, 11) is 4.29. The maximum Gasteiger partial charge on any atom is 0.348 e. The lowest BCUT2D eigenvalue weighted by atomic mass is 9.96. The third kappa shape index (κ3) is 15.7. The smallest absolute Gasteiger partial charge is 0.348 e. The first kappa shape index (κ1) is 50.8. The van der Waals surface area contributed by atoms with Crippen molar-refractivity contribution >= 4 is 37.1 Å². The van der Waals surface area contributed by atoms with Gasteiger partial charge in [0.25, 0.3) is 31.0 Å². The Morgan fingerprint density at radius 1 is 0.934 bits per heavy atom. The van der Waals surface area contributed by atoms with Crippen molar-refractivity contribution in [3.63, 3.8) is 0 Å². The van der Waals surface area contributed by atoms with E-state index in [9.17, 15) is 39.0 Å². The molecule has 61 heavy (non-hydrogen) atoms. The maximum atomic E-state index is 12.6. The first-order valence-electron chi connectivity index (χ1n) is 18.7. The summed E-state index contributed by atoms with van der Waals surface area (Å²) in [6.45, 7) is 10.4. The summed E-state index contributed by atoms with van der Waals surface area (Å²) in [6.07, 6.45) is 12.3. The van der Waals surface area contributed by atoms with Gasteiger partial charge in [0.15, 0.2) is 0 Å². The van der Waals surface area contributed by atoms with E-state index in [0.717, 1.165) is 6.29 Å². The van der Waals surface area contributed by atoms with Crippen LogP contribution in [0, 0.1) is 13.8 Å². The Kier molecular flexibility index (Phi) is 20.6. The molecular weight excluding hydrogens is 800 g/mol. The average Bonchev–Trinajstić information content (AvgIpc) is 3.19. The monoisotopic (exact) mass is 854 g/mol. The van der Waals surface area contributed by atoms with Crippen molar-refractivity contribution in [1.29, 1.82) is 0 Å². The Labute approximate surface area is 354 Å². The topological polar surface area (TPSA) is 226 Å². The zero-order valence-corrected chi connectivity index (χ0v) is 35.7. The normalized spacial score (nSPS) is 20.0. The summed E-state index contributed by atoms with van der Waals surface area (Å²) in [5.74, 6) is -4.22. The summed E-state index contributed by atoms with van der Waals surface area (Å²) in [4.78, 5) is 68.6. The maximum absolute atomic E-state index is 12.6. The van der Waals surface area contributed by atoms with Crippen LogP contribution in [0.25, 0.3) is 0 Å². The second kappa shape index (κ2) is 24.7. The van der Waals surface area contributed by atoms with Crippen molar-refractivity contribution in [3.8, 4) is 0 Å². The van der Waals surface area contributed by atoms with Crippen molar-refractivity contribution in [1.82, 2.24) is 0 Å². The molecule has 2 N–H and O–H groups in total. The van der Waals surface area contributed by atoms with Crippen LogP contribution in [0.5, 0.6) is 0 Å². The molecule has 0 spiro atoms. The van der Waals surface area contributed by atoms with E-state index in [1.54, 1.807) is 83.2 Å². The number of aldehydes is 1. The SMILES string of the molecule is COCC(C)(OC=O)OC(=O)/C(C)=C/CC/C=C/C1=C(O)OC(c2cc(C)c(C(OC)OC=O)cc2C)OC1=O.COCC1(C)CC(O)=C(/C=C/C=C/C=C(\C)C=O)C(=O)O1. The minimum atomic E-state index is -1.55. The Morgan fingerprint density at radius 2 is 1.66 bits per heavy atom. The number of methoxy groups -OCH3 is 3. The van der Waals surface area contributed by atoms with Crippen LogP contribution < -0.4 is 0 Å². The van der Waals surface area contributed by atoms with Gasteiger partial charge in [-0.15, -0.1) is 0 Å². The molecule has 0 aliphatic carbocycles. The molecule has 332 valence electrons. The molecule has 0 fully saturated rings. The van der Waals surface area contributed by atoms with Gasteiger partial charge in [0, 0.05) is 51.4 Å². The number of aliphatic hydroxyl groups is 2. The van der Waals surface area contributed by atoms with Crippen LogP contribution in [0.1, 0.15) is 81.8 Å². The van der Waals surface area contributed by atoms with Gasteiger partial charge in [0.1, 0.15) is 29.8 Å². The molecular formula is C44H54O17. The minimum Gasteiger partial charge on any atom is -0.511 e. The Hall–Kier alpha value is -6.30. The first-order chi connectivity index (χ1) is 28.9. The standard InChI is InChI=1S/C28H34O12.C16H20O5/c1-17(23(31)40-28(4,14-34-5)37-16-30)10-8-7-9-11-20-24(32)38-27(39-25(20)33)22-13-18(2)21(12-19(22)3)26(35-6)36-15-29;1-12(10-17)7-5-4-6-8-13-14(18)9-16(2,11-20-3)21-15(13)19/h9-13,15-16,26-27,32H,7-8,14H2,1-6H3;4-8,10,18H,9,11H2,1-3H3/b11-9+,17-10+;5-4+,8-6+,12-7+. The second-order valence-corrected chi connectivity index (χ2v) is 14.1. The number of benzene rings is 1. The highest BCUT2D eigenvalue weighted by atomic mass is 16.8. The van der Waals surface area contributed by atoms with E-state index >= 15 is 0 Å². The zero-order valence-electron chi connectivity index (χ0n) is 35.7. The Morgan fingerprint density at radius 3 is 2.25 bits per heavy atom. The number of unbranched alkanes of at least 4 members (excludes halogenated alkanes) is 1. The summed E-state index contributed by atoms with van der Waals surface area (Å²) in [6, 6.07) is 3.41. The van der Waals surface area contributed by atoms with Gasteiger partial charge in [-0.05, 0) is 88.4 Å². The molecule has 1 aromatic rings. The number of carbonyl (C=O) groups is 6. The van der Waals surface area contributed by atoms with Gasteiger partial charge in [0.05, 0.1) is 12.2 Å². The van der Waals surface area contributed by atoms with Gasteiger partial charge in [-0.1, -0.05) is 36.5 Å². The van der Waals surface area contributed by atoms with Crippen molar-refractivity contribution in [2.45, 2.75) is 84.8 Å². The molecule has 0 amide bonds. The van der Waals surface area contributed by atoms with Gasteiger partial charge in [-0.3, -0.25) is 14.4 Å². The number of hydrogen-bond acceptors (Lipinski definition) is 17. The molecule has 0 bridgehead atoms. The largest absolute Gasteiger partial charge is 0.511 e. The summed E-state index contributed by atoms with van der Waals surface area (Å²) < 4.78 is 46.2. The molecule has 1 aromatic carbocycles. The highest BCUT2D eigenvalue weighted by Gasteiger charge is 2.37. The molecule has 4 atom stereocenters. The lowest BCUT2D eigenvalue weighted by Gasteiger charge is -2.32. The summed E-state index contributed by atoms with van der Waals surface area (Å²) >= 11 is 0. The number of esters is 3. The minimum absolute atomic E-state index is 0.0185. The van der Waals surface area contributed by atoms with Gasteiger partial charge in [0.2, 0.25) is 6.29 Å². The van der Waals surface area contributed by atoms with Gasteiger partial charge in [-0.2, -0.15) is 0 Å². The zero-order chi connectivity index (χ0) is 45.8. The molecule has 0 aromatic heterocycles. The van der Waals surface area contributed by atoms with Crippen LogP contribution in [0.2, 0.25) is 0 Å². The molecule has 0 saturated heterocycles. The highest BCUT2D eigenvalue weighted by molar-refractivity contribution is 5.93. The molecule has 2 aliphatic rings. The first-order valence-corrected chi connectivity index (χ1v) is 18.7. The average molecular weight is 855 g/mol. The Bertz CT molecular complexity index is 1970. The number of aliphatic hydroxyl groups excluding tert-OH is 2. The van der Waals surface area contributed by atoms with E-state index in [-0.39, 0.29) is 55.1 Å². The molecule has 4 unspecified atom stereocenters. The lowest BCUT2D eigenvalue weighted by Crippen LogP contribution is -2.40. The van der Waals surface area contributed by atoms with E-state index in [1.165, 1.54) is 40.4 Å². The van der Waals surface area contributed by atoms with Crippen LogP contribution in [-0.4, -0.2) is 93.3 Å². The van der Waals surface area contributed by atoms with E-state index in [0.29, 0.717) is 40.7 Å². The van der Waals surface area contributed by atoms with Crippen molar-refractivity contribution < 1.29 is 81.6 Å². The predicted molar refractivity (Wildman–Crippen MR) is 217 cm³/mol. The van der Waals surface area contributed by atoms with E-state index < -0.39 is 47.8 Å². The van der Waals surface area contributed by atoms with Crippen LogP contribution in [0.4, 0.5) is 0 Å². The van der Waals surface area contributed by atoms with Crippen LogP contribution in [0.3, 0.4) is 0 Å². The van der Waals surface area contributed by atoms with Crippen LogP contribution >= 0.6 is 0 Å².